The summed E-state index contributed by atoms with van der Waals surface area (Å²) in [6.07, 6.45) is 3.04. The highest BCUT2D eigenvalue weighted by atomic mass is 35.5. The molecule has 0 unspecified atom stereocenters. The van der Waals surface area contributed by atoms with Crippen molar-refractivity contribution in [2.24, 2.45) is 0 Å². The third-order valence-electron chi connectivity index (χ3n) is 3.55. The summed E-state index contributed by atoms with van der Waals surface area (Å²) in [5.74, 6) is 0.141. The van der Waals surface area contributed by atoms with Gasteiger partial charge in [-0.2, -0.15) is 0 Å². The van der Waals surface area contributed by atoms with Gasteiger partial charge in [-0.3, -0.25) is 4.79 Å². The molecular formula is C19H19Cl2NO3. The summed E-state index contributed by atoms with van der Waals surface area (Å²) in [5.41, 5.74) is 1.59. The molecule has 2 aromatic carbocycles. The summed E-state index contributed by atoms with van der Waals surface area (Å²) in [6.45, 7) is 1.97. The average molecular weight is 380 g/mol. The SMILES string of the molecule is Cc1c(OCc2ccc(Cl)c(Cl)c2)ccc(C(=O)/C=C/N(C)C)c1O. The van der Waals surface area contributed by atoms with Crippen molar-refractivity contribution < 1.29 is 14.6 Å². The van der Waals surface area contributed by atoms with Crippen LogP contribution in [0.2, 0.25) is 10.0 Å². The van der Waals surface area contributed by atoms with E-state index in [2.05, 4.69) is 0 Å². The van der Waals surface area contributed by atoms with Crippen molar-refractivity contribution in [1.82, 2.24) is 4.90 Å². The highest BCUT2D eigenvalue weighted by molar-refractivity contribution is 6.42. The Bertz CT molecular complexity index is 817. The maximum Gasteiger partial charge on any atom is 0.191 e. The number of nitrogens with zero attached hydrogens (tertiary/aromatic N) is 1. The van der Waals surface area contributed by atoms with E-state index in [1.807, 2.05) is 20.2 Å². The molecule has 0 radical (unpaired) electrons. The van der Waals surface area contributed by atoms with E-state index in [9.17, 15) is 9.90 Å². The zero-order valence-electron chi connectivity index (χ0n) is 14.2. The van der Waals surface area contributed by atoms with Crippen molar-refractivity contribution in [3.8, 4) is 11.5 Å². The lowest BCUT2D eigenvalue weighted by atomic mass is 10.0. The van der Waals surface area contributed by atoms with E-state index in [1.165, 1.54) is 6.08 Å². The van der Waals surface area contributed by atoms with Crippen LogP contribution in [0.1, 0.15) is 21.5 Å². The van der Waals surface area contributed by atoms with Gasteiger partial charge in [0.25, 0.3) is 0 Å². The minimum atomic E-state index is -0.273. The summed E-state index contributed by atoms with van der Waals surface area (Å²) in [6, 6.07) is 8.46. The lowest BCUT2D eigenvalue weighted by Crippen LogP contribution is -2.04. The summed E-state index contributed by atoms with van der Waals surface area (Å²) < 4.78 is 5.73. The maximum atomic E-state index is 12.1. The van der Waals surface area contributed by atoms with Crippen LogP contribution in [0.5, 0.6) is 11.5 Å². The molecule has 0 saturated heterocycles. The lowest BCUT2D eigenvalue weighted by Gasteiger charge is -2.13. The van der Waals surface area contributed by atoms with Crippen LogP contribution in [0.15, 0.2) is 42.6 Å². The molecular weight excluding hydrogens is 361 g/mol. The number of phenols is 1. The summed E-state index contributed by atoms with van der Waals surface area (Å²) in [7, 11) is 3.63. The van der Waals surface area contributed by atoms with Gasteiger partial charge in [0, 0.05) is 31.9 Å². The number of hydrogen-bond acceptors (Lipinski definition) is 4. The number of allylic oxidation sites excluding steroid dienone is 1. The first-order valence-corrected chi connectivity index (χ1v) is 8.33. The van der Waals surface area contributed by atoms with Crippen LogP contribution in [0.3, 0.4) is 0 Å². The second kappa shape index (κ2) is 8.28. The van der Waals surface area contributed by atoms with Gasteiger partial charge >= 0.3 is 0 Å². The van der Waals surface area contributed by atoms with Gasteiger partial charge in [0.2, 0.25) is 0 Å². The molecule has 132 valence electrons. The Balaban J connectivity index is 2.16. The van der Waals surface area contributed by atoms with Crippen molar-refractivity contribution in [3.05, 3.63) is 69.3 Å². The number of rotatable bonds is 6. The molecule has 2 aromatic rings. The highest BCUT2D eigenvalue weighted by Gasteiger charge is 2.14. The van der Waals surface area contributed by atoms with Crippen molar-refractivity contribution >= 4 is 29.0 Å². The van der Waals surface area contributed by atoms with E-state index in [1.54, 1.807) is 42.3 Å². The maximum absolute atomic E-state index is 12.1. The number of carbonyl (C=O) groups excluding carboxylic acids is 1. The lowest BCUT2D eigenvalue weighted by molar-refractivity contribution is 0.104. The molecule has 0 aromatic heterocycles. The van der Waals surface area contributed by atoms with E-state index in [-0.39, 0.29) is 23.7 Å². The molecule has 2 rings (SSSR count). The van der Waals surface area contributed by atoms with Crippen LogP contribution in [0, 0.1) is 6.92 Å². The highest BCUT2D eigenvalue weighted by Crippen LogP contribution is 2.32. The van der Waals surface area contributed by atoms with Gasteiger partial charge in [0.1, 0.15) is 18.1 Å². The van der Waals surface area contributed by atoms with Crippen LogP contribution in [-0.2, 0) is 6.61 Å². The van der Waals surface area contributed by atoms with Gasteiger partial charge < -0.3 is 14.7 Å². The van der Waals surface area contributed by atoms with E-state index in [0.29, 0.717) is 21.4 Å². The standard InChI is InChI=1S/C19H19Cl2NO3/c1-12-18(25-11-13-4-6-15(20)16(21)10-13)7-5-14(19(12)24)17(23)8-9-22(2)3/h4-10,24H,11H2,1-3H3/b9-8+. The summed E-state index contributed by atoms with van der Waals surface area (Å²) >= 11 is 11.9. The number of ketones is 1. The Morgan fingerprint density at radius 2 is 1.92 bits per heavy atom. The molecule has 0 aliphatic rings. The van der Waals surface area contributed by atoms with Gasteiger partial charge in [-0.1, -0.05) is 29.3 Å². The summed E-state index contributed by atoms with van der Waals surface area (Å²) in [4.78, 5) is 13.9. The van der Waals surface area contributed by atoms with Gasteiger partial charge in [-0.05, 0) is 36.8 Å². The van der Waals surface area contributed by atoms with Gasteiger partial charge in [0.15, 0.2) is 5.78 Å². The average Bonchev–Trinajstić information content (AvgIpc) is 2.57. The zero-order chi connectivity index (χ0) is 18.6. The first-order chi connectivity index (χ1) is 11.8. The zero-order valence-corrected chi connectivity index (χ0v) is 15.7. The Labute approximate surface area is 157 Å². The van der Waals surface area contributed by atoms with Crippen LogP contribution in [0.25, 0.3) is 0 Å². The molecule has 0 fully saturated rings. The number of benzene rings is 2. The minimum Gasteiger partial charge on any atom is -0.507 e. The molecule has 1 N–H and O–H groups in total. The Morgan fingerprint density at radius 1 is 1.20 bits per heavy atom. The number of ether oxygens (including phenoxy) is 1. The number of carbonyl (C=O) groups is 1. The molecule has 4 nitrogen and oxygen atoms in total. The van der Waals surface area contributed by atoms with Gasteiger partial charge in [-0.25, -0.2) is 0 Å². The Morgan fingerprint density at radius 3 is 2.56 bits per heavy atom. The van der Waals surface area contributed by atoms with E-state index in [0.717, 1.165) is 5.56 Å². The van der Waals surface area contributed by atoms with Crippen LogP contribution >= 0.6 is 23.2 Å². The normalized spacial score (nSPS) is 10.9. The molecule has 0 spiro atoms. The largest absolute Gasteiger partial charge is 0.507 e. The van der Waals surface area contributed by atoms with E-state index < -0.39 is 0 Å². The summed E-state index contributed by atoms with van der Waals surface area (Å²) in [5, 5.41) is 11.2. The predicted molar refractivity (Wildman–Crippen MR) is 101 cm³/mol. The fourth-order valence-electron chi connectivity index (χ4n) is 2.13. The van der Waals surface area contributed by atoms with Crippen molar-refractivity contribution in [2.75, 3.05) is 14.1 Å². The molecule has 0 atom stereocenters. The Hall–Kier alpha value is -2.17. The first kappa shape index (κ1) is 19.2. The molecule has 6 heteroatoms. The molecule has 0 aliphatic heterocycles. The van der Waals surface area contributed by atoms with E-state index >= 15 is 0 Å². The fourth-order valence-corrected chi connectivity index (χ4v) is 2.45. The van der Waals surface area contributed by atoms with Gasteiger partial charge in [-0.15, -0.1) is 0 Å². The number of aromatic hydroxyl groups is 1. The number of hydrogen-bond donors (Lipinski definition) is 1. The monoisotopic (exact) mass is 379 g/mol. The smallest absolute Gasteiger partial charge is 0.191 e. The van der Waals surface area contributed by atoms with Gasteiger partial charge in [0.05, 0.1) is 15.6 Å². The third-order valence-corrected chi connectivity index (χ3v) is 4.29. The molecule has 0 saturated carbocycles. The third kappa shape index (κ3) is 4.91. The molecule has 25 heavy (non-hydrogen) atoms. The van der Waals surface area contributed by atoms with Crippen molar-refractivity contribution in [2.45, 2.75) is 13.5 Å². The second-order valence-corrected chi connectivity index (χ2v) is 6.58. The topological polar surface area (TPSA) is 49.8 Å². The Kier molecular flexibility index (Phi) is 6.34. The van der Waals surface area contributed by atoms with Crippen molar-refractivity contribution in [3.63, 3.8) is 0 Å². The van der Waals surface area contributed by atoms with Crippen LogP contribution in [-0.4, -0.2) is 29.9 Å². The van der Waals surface area contributed by atoms with Crippen molar-refractivity contribution in [1.29, 1.82) is 0 Å². The van der Waals surface area contributed by atoms with Crippen LogP contribution < -0.4 is 4.74 Å². The molecule has 0 bridgehead atoms. The number of phenolic OH excluding ortho intramolecular Hbond substituents is 1. The molecule has 0 amide bonds. The minimum absolute atomic E-state index is 0.0833. The molecule has 0 heterocycles. The fraction of sp³-hybridized carbons (Fsp3) is 0.211. The quantitative estimate of drug-likeness (QED) is 0.575. The molecule has 0 aliphatic carbocycles. The van der Waals surface area contributed by atoms with Crippen LogP contribution in [0.4, 0.5) is 0 Å². The predicted octanol–water partition coefficient (Wildman–Crippen LogP) is 4.84. The number of halogens is 2. The first-order valence-electron chi connectivity index (χ1n) is 7.58. The van der Waals surface area contributed by atoms with E-state index in [4.69, 9.17) is 27.9 Å². The second-order valence-electron chi connectivity index (χ2n) is 5.77.